The summed E-state index contributed by atoms with van der Waals surface area (Å²) in [5.41, 5.74) is 2.31. The number of anilines is 2. The van der Waals surface area contributed by atoms with Crippen LogP contribution in [0.25, 0.3) is 0 Å². The Kier molecular flexibility index (Phi) is 5.82. The van der Waals surface area contributed by atoms with E-state index in [1.165, 1.54) is 36.5 Å². The number of likely N-dealkylation sites (N-methyl/N-ethyl adjacent to an activating group) is 1. The Hall–Kier alpha value is -2.38. The zero-order valence-electron chi connectivity index (χ0n) is 15.7. The number of carbonyl (C=O) groups is 1. The third kappa shape index (κ3) is 4.87. The maximum Gasteiger partial charge on any atom is 0.255 e. The van der Waals surface area contributed by atoms with Crippen molar-refractivity contribution in [3.8, 4) is 0 Å². The molecule has 0 aromatic heterocycles. The molecule has 144 valence electrons. The number of nitrogens with zero attached hydrogens (tertiary/aromatic N) is 1. The van der Waals surface area contributed by atoms with Gasteiger partial charge in [0, 0.05) is 23.2 Å². The number of hydrogen-bond acceptors (Lipinski definition) is 4. The van der Waals surface area contributed by atoms with Crippen molar-refractivity contribution >= 4 is 27.1 Å². The minimum Gasteiger partial charge on any atom is -0.360 e. The van der Waals surface area contributed by atoms with E-state index in [-0.39, 0.29) is 10.8 Å². The molecule has 2 aromatic carbocycles. The van der Waals surface area contributed by atoms with E-state index in [0.717, 1.165) is 32.4 Å². The lowest BCUT2D eigenvalue weighted by Gasteiger charge is -2.33. The summed E-state index contributed by atoms with van der Waals surface area (Å²) in [6.45, 7) is 7.78. The molecule has 2 N–H and O–H groups in total. The van der Waals surface area contributed by atoms with Crippen molar-refractivity contribution in [2.45, 2.75) is 11.8 Å². The lowest BCUT2D eigenvalue weighted by atomic mass is 10.2. The molecule has 1 saturated heterocycles. The molecule has 0 unspecified atom stereocenters. The summed E-state index contributed by atoms with van der Waals surface area (Å²) in [5, 5.41) is 2.85. The van der Waals surface area contributed by atoms with Gasteiger partial charge in [0.2, 0.25) is 0 Å². The molecule has 2 aromatic rings. The molecule has 0 bridgehead atoms. The third-order valence-corrected chi connectivity index (χ3v) is 6.13. The second kappa shape index (κ2) is 8.10. The maximum atomic E-state index is 12.4. The standard InChI is InChI=1S/C20H25N3O3S/c1-3-22-12-14-23(15-13-22)18-8-6-17(7-9-18)21-20(24)16-4-10-19(11-5-16)27(2,25)26/h4-11H,3,12-15H2,1-2H3,(H,21,24)/p+1. The molecule has 1 amide bonds. The SMILES string of the molecule is CC[NH+]1CCN(c2ccc(NC(=O)c3ccc(S(C)(=O)=O)cc3)cc2)CC1. The van der Waals surface area contributed by atoms with Gasteiger partial charge in [0.1, 0.15) is 0 Å². The number of piperazine rings is 1. The Balaban J connectivity index is 1.62. The van der Waals surface area contributed by atoms with Gasteiger partial charge >= 0.3 is 0 Å². The number of amides is 1. The van der Waals surface area contributed by atoms with E-state index in [4.69, 9.17) is 0 Å². The van der Waals surface area contributed by atoms with E-state index in [1.54, 1.807) is 4.90 Å². The number of carbonyl (C=O) groups excluding carboxylic acids is 1. The van der Waals surface area contributed by atoms with Crippen LogP contribution in [0.1, 0.15) is 17.3 Å². The van der Waals surface area contributed by atoms with Gasteiger partial charge in [-0.05, 0) is 55.5 Å². The molecule has 0 spiro atoms. The number of quaternary nitrogens is 1. The summed E-state index contributed by atoms with van der Waals surface area (Å²) in [6.07, 6.45) is 1.15. The minimum absolute atomic E-state index is 0.202. The van der Waals surface area contributed by atoms with E-state index in [1.807, 2.05) is 24.3 Å². The van der Waals surface area contributed by atoms with Crippen molar-refractivity contribution in [3.05, 3.63) is 54.1 Å². The van der Waals surface area contributed by atoms with Gasteiger partial charge in [0.25, 0.3) is 5.91 Å². The topological polar surface area (TPSA) is 70.9 Å². The predicted molar refractivity (Wildman–Crippen MR) is 107 cm³/mol. The summed E-state index contributed by atoms with van der Waals surface area (Å²) in [5.74, 6) is -0.261. The average molecular weight is 389 g/mol. The number of nitrogens with one attached hydrogen (secondary N) is 2. The van der Waals surface area contributed by atoms with Crippen molar-refractivity contribution in [2.75, 3.05) is 49.2 Å². The zero-order valence-corrected chi connectivity index (χ0v) is 16.6. The van der Waals surface area contributed by atoms with Gasteiger partial charge < -0.3 is 15.1 Å². The summed E-state index contributed by atoms with van der Waals surface area (Å²) in [6, 6.07) is 13.8. The Bertz CT molecular complexity index is 885. The molecule has 1 fully saturated rings. The van der Waals surface area contributed by atoms with Crippen molar-refractivity contribution < 1.29 is 18.1 Å². The smallest absolute Gasteiger partial charge is 0.255 e. The summed E-state index contributed by atoms with van der Waals surface area (Å²) >= 11 is 0. The van der Waals surface area contributed by atoms with Crippen LogP contribution in [0.2, 0.25) is 0 Å². The average Bonchev–Trinajstić information content (AvgIpc) is 2.68. The second-order valence-electron chi connectivity index (χ2n) is 6.89. The molecular weight excluding hydrogens is 362 g/mol. The van der Waals surface area contributed by atoms with Gasteiger partial charge in [-0.2, -0.15) is 0 Å². The first-order valence-corrected chi connectivity index (χ1v) is 11.1. The van der Waals surface area contributed by atoms with Crippen molar-refractivity contribution in [1.82, 2.24) is 0 Å². The number of sulfone groups is 1. The molecule has 0 radical (unpaired) electrons. The molecule has 0 atom stereocenters. The van der Waals surface area contributed by atoms with Crippen LogP contribution < -0.4 is 15.1 Å². The highest BCUT2D eigenvalue weighted by Crippen LogP contribution is 2.19. The van der Waals surface area contributed by atoms with E-state index in [0.29, 0.717) is 11.3 Å². The van der Waals surface area contributed by atoms with Crippen LogP contribution in [0.5, 0.6) is 0 Å². The molecule has 6 nitrogen and oxygen atoms in total. The van der Waals surface area contributed by atoms with Gasteiger partial charge in [-0.3, -0.25) is 4.79 Å². The second-order valence-corrected chi connectivity index (χ2v) is 8.90. The molecule has 1 heterocycles. The Labute approximate surface area is 160 Å². The summed E-state index contributed by atoms with van der Waals surface area (Å²) in [4.78, 5) is 16.6. The van der Waals surface area contributed by atoms with Crippen LogP contribution in [0.3, 0.4) is 0 Å². The van der Waals surface area contributed by atoms with Crippen LogP contribution in [-0.2, 0) is 9.84 Å². The maximum absolute atomic E-state index is 12.4. The molecule has 3 rings (SSSR count). The lowest BCUT2D eigenvalue weighted by molar-refractivity contribution is -0.898. The van der Waals surface area contributed by atoms with Gasteiger partial charge in [-0.1, -0.05) is 0 Å². The highest BCUT2D eigenvalue weighted by atomic mass is 32.2. The van der Waals surface area contributed by atoms with Crippen molar-refractivity contribution in [2.24, 2.45) is 0 Å². The van der Waals surface area contributed by atoms with Gasteiger partial charge in [-0.15, -0.1) is 0 Å². The molecule has 27 heavy (non-hydrogen) atoms. The molecular formula is C20H26N3O3S+. The first-order chi connectivity index (χ1) is 12.9. The predicted octanol–water partition coefficient (Wildman–Crippen LogP) is 1.07. The molecule has 1 aliphatic rings. The molecule has 7 heteroatoms. The number of hydrogen-bond donors (Lipinski definition) is 2. The van der Waals surface area contributed by atoms with Gasteiger partial charge in [-0.25, -0.2) is 8.42 Å². The quantitative estimate of drug-likeness (QED) is 0.804. The fraction of sp³-hybridized carbons (Fsp3) is 0.350. The zero-order chi connectivity index (χ0) is 19.4. The highest BCUT2D eigenvalue weighted by Gasteiger charge is 2.18. The van der Waals surface area contributed by atoms with Crippen LogP contribution in [0.15, 0.2) is 53.4 Å². The van der Waals surface area contributed by atoms with Crippen LogP contribution in [0.4, 0.5) is 11.4 Å². The van der Waals surface area contributed by atoms with Gasteiger partial charge in [0.15, 0.2) is 9.84 Å². The monoisotopic (exact) mass is 388 g/mol. The Morgan fingerprint density at radius 3 is 2.15 bits per heavy atom. The van der Waals surface area contributed by atoms with E-state index < -0.39 is 9.84 Å². The first-order valence-electron chi connectivity index (χ1n) is 9.17. The van der Waals surface area contributed by atoms with Gasteiger partial charge in [0.05, 0.1) is 37.6 Å². The molecule has 0 saturated carbocycles. The first kappa shape index (κ1) is 19.4. The van der Waals surface area contributed by atoms with Crippen LogP contribution in [0, 0.1) is 0 Å². The Morgan fingerprint density at radius 1 is 1.04 bits per heavy atom. The van der Waals surface area contributed by atoms with E-state index in [2.05, 4.69) is 17.1 Å². The molecule has 0 aliphatic carbocycles. The third-order valence-electron chi connectivity index (χ3n) is 5.01. The van der Waals surface area contributed by atoms with Crippen LogP contribution in [-0.4, -0.2) is 53.3 Å². The Morgan fingerprint density at radius 2 is 1.63 bits per heavy atom. The fourth-order valence-corrected chi connectivity index (χ4v) is 3.88. The summed E-state index contributed by atoms with van der Waals surface area (Å²) in [7, 11) is -3.26. The fourth-order valence-electron chi connectivity index (χ4n) is 3.25. The van der Waals surface area contributed by atoms with Crippen LogP contribution >= 0.6 is 0 Å². The highest BCUT2D eigenvalue weighted by molar-refractivity contribution is 7.90. The summed E-state index contributed by atoms with van der Waals surface area (Å²) < 4.78 is 23.0. The minimum atomic E-state index is -3.26. The lowest BCUT2D eigenvalue weighted by Crippen LogP contribution is -3.14. The van der Waals surface area contributed by atoms with Crippen molar-refractivity contribution in [1.29, 1.82) is 0 Å². The van der Waals surface area contributed by atoms with E-state index in [9.17, 15) is 13.2 Å². The molecule has 1 aliphatic heterocycles. The van der Waals surface area contributed by atoms with Crippen molar-refractivity contribution in [3.63, 3.8) is 0 Å². The van der Waals surface area contributed by atoms with E-state index >= 15 is 0 Å². The number of rotatable bonds is 5. The normalized spacial score (nSPS) is 15.6. The number of benzene rings is 2. The largest absolute Gasteiger partial charge is 0.360 e.